The van der Waals surface area contributed by atoms with Crippen LogP contribution in [-0.2, 0) is 24.3 Å². The van der Waals surface area contributed by atoms with Crippen LogP contribution in [-0.4, -0.2) is 70.2 Å². The average Bonchev–Trinajstić information content (AvgIpc) is 3.71. The van der Waals surface area contributed by atoms with Gasteiger partial charge in [-0.3, -0.25) is 9.59 Å². The second-order valence-corrected chi connectivity index (χ2v) is 10.3. The van der Waals surface area contributed by atoms with Gasteiger partial charge in [-0.05, 0) is 44.2 Å². The van der Waals surface area contributed by atoms with Crippen molar-refractivity contribution in [2.75, 3.05) is 39.2 Å². The number of likely N-dealkylation sites (N-methyl/N-ethyl adjacent to an activating group) is 1. The number of amides is 1. The van der Waals surface area contributed by atoms with Crippen LogP contribution in [0.3, 0.4) is 0 Å². The summed E-state index contributed by atoms with van der Waals surface area (Å²) >= 11 is 7.65. The fourth-order valence-corrected chi connectivity index (χ4v) is 3.50. The van der Waals surface area contributed by atoms with E-state index in [2.05, 4.69) is 29.8 Å². The minimum absolute atomic E-state index is 0.00173. The monoisotopic (exact) mass is 548 g/mol. The largest absolute Gasteiger partial charge is 0.330 e. The first-order chi connectivity index (χ1) is 17.8. The van der Waals surface area contributed by atoms with Crippen molar-refractivity contribution < 1.29 is 9.59 Å². The molecule has 206 valence electrons. The van der Waals surface area contributed by atoms with E-state index in [4.69, 9.17) is 11.6 Å². The maximum absolute atomic E-state index is 12.1. The summed E-state index contributed by atoms with van der Waals surface area (Å²) in [5.41, 5.74) is 1.88. The zero-order valence-electron chi connectivity index (χ0n) is 23.5. The van der Waals surface area contributed by atoms with Gasteiger partial charge in [0.05, 0.1) is 12.7 Å². The molecule has 8 heteroatoms. The Morgan fingerprint density at radius 2 is 1.78 bits per heavy atom. The van der Waals surface area contributed by atoms with Crippen LogP contribution in [0, 0.1) is 0 Å². The Bertz CT molecular complexity index is 972. The van der Waals surface area contributed by atoms with E-state index >= 15 is 0 Å². The van der Waals surface area contributed by atoms with Gasteiger partial charge in [-0.15, -0.1) is 0 Å². The van der Waals surface area contributed by atoms with Crippen LogP contribution >= 0.6 is 23.4 Å². The van der Waals surface area contributed by atoms with Crippen molar-refractivity contribution in [1.82, 2.24) is 19.4 Å². The zero-order valence-corrected chi connectivity index (χ0v) is 25.1. The lowest BCUT2D eigenvalue weighted by molar-refractivity contribution is -0.127. The summed E-state index contributed by atoms with van der Waals surface area (Å²) in [7, 11) is 2.01. The number of aryl methyl sites for hydroxylation is 1. The Labute approximate surface area is 233 Å². The highest BCUT2D eigenvalue weighted by atomic mass is 35.5. The van der Waals surface area contributed by atoms with Crippen molar-refractivity contribution in [3.8, 4) is 0 Å². The molecule has 0 spiro atoms. The number of hydrogen-bond donors (Lipinski definition) is 0. The molecule has 1 aromatic heterocycles. The number of ketones is 1. The third-order valence-electron chi connectivity index (χ3n) is 5.58. The molecule has 2 aliphatic rings. The summed E-state index contributed by atoms with van der Waals surface area (Å²) in [6, 6.07) is 8.00. The van der Waals surface area contributed by atoms with E-state index in [0.29, 0.717) is 25.3 Å². The molecular weight excluding hydrogens is 504 g/mol. The molecule has 2 aromatic rings. The summed E-state index contributed by atoms with van der Waals surface area (Å²) in [4.78, 5) is 31.7. The van der Waals surface area contributed by atoms with Gasteiger partial charge in [-0.25, -0.2) is 4.98 Å². The third kappa shape index (κ3) is 13.3. The number of thioether (sulfide) groups is 1. The molecule has 4 rings (SSSR count). The molecule has 0 saturated heterocycles. The van der Waals surface area contributed by atoms with Gasteiger partial charge in [-0.1, -0.05) is 75.4 Å². The van der Waals surface area contributed by atoms with Crippen molar-refractivity contribution >= 4 is 35.1 Å². The summed E-state index contributed by atoms with van der Waals surface area (Å²) in [6.45, 7) is 9.17. The minimum atomic E-state index is -0.00173. The Morgan fingerprint density at radius 1 is 1.14 bits per heavy atom. The zero-order chi connectivity index (χ0) is 27.6. The number of carbonyl (C=O) groups excluding carboxylic acids is 2. The van der Waals surface area contributed by atoms with Crippen LogP contribution < -0.4 is 0 Å². The van der Waals surface area contributed by atoms with E-state index in [-0.39, 0.29) is 11.7 Å². The molecule has 1 aliphatic heterocycles. The normalized spacial score (nSPS) is 13.5. The highest BCUT2D eigenvalue weighted by molar-refractivity contribution is 7.97. The number of fused-ring (bicyclic) bond motifs is 1. The van der Waals surface area contributed by atoms with E-state index in [9.17, 15) is 9.59 Å². The molecule has 1 saturated carbocycles. The van der Waals surface area contributed by atoms with Gasteiger partial charge < -0.3 is 14.4 Å². The summed E-state index contributed by atoms with van der Waals surface area (Å²) in [5.74, 6) is 0.785. The van der Waals surface area contributed by atoms with Crippen molar-refractivity contribution in [3.05, 3.63) is 64.7 Å². The second-order valence-electron chi connectivity index (χ2n) is 9.09. The molecule has 0 atom stereocenters. The second kappa shape index (κ2) is 19.0. The number of Topliss-reactive ketones (excluding diaryl/α,β-unsaturated/α-hetero) is 1. The van der Waals surface area contributed by atoms with Crippen LogP contribution in [0.15, 0.2) is 42.6 Å². The molecule has 1 aromatic carbocycles. The quantitative estimate of drug-likeness (QED) is 0.297. The summed E-state index contributed by atoms with van der Waals surface area (Å²) in [5, 5.41) is 0.893. The Balaban J connectivity index is 0.000000350. The molecular formula is C29H45ClN4O2S. The van der Waals surface area contributed by atoms with Crippen molar-refractivity contribution in [2.24, 2.45) is 0 Å². The van der Waals surface area contributed by atoms with Gasteiger partial charge in [0, 0.05) is 37.7 Å². The predicted octanol–water partition coefficient (Wildman–Crippen LogP) is 6.38. The fraction of sp³-hybridized carbons (Fsp3) is 0.552. The average molecular weight is 549 g/mol. The first-order valence-corrected chi connectivity index (χ1v) is 15.1. The van der Waals surface area contributed by atoms with Crippen LogP contribution in [0.4, 0.5) is 0 Å². The smallest absolute Gasteiger partial charge is 0.246 e. The molecule has 1 amide bonds. The molecule has 0 bridgehead atoms. The number of nitrogens with zero attached hydrogens (tertiary/aromatic N) is 4. The number of carbonyl (C=O) groups is 2. The van der Waals surface area contributed by atoms with E-state index in [1.807, 2.05) is 48.4 Å². The lowest BCUT2D eigenvalue weighted by Crippen LogP contribution is -2.38. The Kier molecular flexibility index (Phi) is 17.0. The first kappa shape index (κ1) is 32.9. The van der Waals surface area contributed by atoms with Gasteiger partial charge in [0.1, 0.15) is 11.5 Å². The molecule has 1 fully saturated rings. The Hall–Kier alpha value is -2.09. The predicted molar refractivity (Wildman–Crippen MR) is 159 cm³/mol. The van der Waals surface area contributed by atoms with Gasteiger partial charge in [0.15, 0.2) is 5.78 Å². The molecule has 1 aliphatic carbocycles. The number of hydrogen-bond acceptors (Lipinski definition) is 5. The highest BCUT2D eigenvalue weighted by Gasteiger charge is 2.23. The van der Waals surface area contributed by atoms with Crippen LogP contribution in [0.1, 0.15) is 68.3 Å². The third-order valence-corrected chi connectivity index (χ3v) is 5.95. The molecule has 0 N–H and O–H groups in total. The molecule has 2 heterocycles. The molecule has 37 heavy (non-hydrogen) atoms. The summed E-state index contributed by atoms with van der Waals surface area (Å²) < 4.78 is 1.90. The lowest BCUT2D eigenvalue weighted by Gasteiger charge is -2.27. The number of imidazole rings is 1. The van der Waals surface area contributed by atoms with Gasteiger partial charge >= 0.3 is 0 Å². The van der Waals surface area contributed by atoms with Gasteiger partial charge in [0.25, 0.3) is 0 Å². The Morgan fingerprint density at radius 3 is 2.32 bits per heavy atom. The topological polar surface area (TPSA) is 58.4 Å². The van der Waals surface area contributed by atoms with Crippen LogP contribution in [0.2, 0.25) is 5.02 Å². The van der Waals surface area contributed by atoms with Crippen LogP contribution in [0.25, 0.3) is 0 Å². The maximum atomic E-state index is 12.1. The van der Waals surface area contributed by atoms with E-state index in [1.54, 1.807) is 28.9 Å². The van der Waals surface area contributed by atoms with Gasteiger partial charge in [0.2, 0.25) is 5.91 Å². The summed E-state index contributed by atoms with van der Waals surface area (Å²) in [6.07, 6.45) is 15.9. The first-order valence-electron chi connectivity index (χ1n) is 13.1. The number of aromatic nitrogens is 2. The molecule has 6 nitrogen and oxygen atoms in total. The number of benzene rings is 1. The van der Waals surface area contributed by atoms with E-state index in [1.165, 1.54) is 31.7 Å². The lowest BCUT2D eigenvalue weighted by atomic mass is 10.1. The fourth-order valence-electron chi connectivity index (χ4n) is 3.27. The van der Waals surface area contributed by atoms with E-state index < -0.39 is 0 Å². The maximum Gasteiger partial charge on any atom is 0.246 e. The SMILES string of the molecule is C1CC1.CCCc1ccccc1Cl.CCN(C)C/C=C/C(=O)N1CCn2c(C(C)=O)cnc2C1.CSC. The molecule has 0 unspecified atom stereocenters. The van der Waals surface area contributed by atoms with Crippen molar-refractivity contribution in [2.45, 2.75) is 66.0 Å². The molecule has 0 radical (unpaired) electrons. The van der Waals surface area contributed by atoms with Crippen molar-refractivity contribution in [1.29, 1.82) is 0 Å². The minimum Gasteiger partial charge on any atom is -0.330 e. The van der Waals surface area contributed by atoms with Gasteiger partial charge in [-0.2, -0.15) is 11.8 Å². The van der Waals surface area contributed by atoms with Crippen molar-refractivity contribution in [3.63, 3.8) is 0 Å². The number of rotatable bonds is 7. The number of halogens is 1. The van der Waals surface area contributed by atoms with Crippen LogP contribution in [0.5, 0.6) is 0 Å². The highest BCUT2D eigenvalue weighted by Crippen LogP contribution is 2.16. The standard InChI is InChI=1S/C15H22N4O2.C9H11Cl.C3H6.C2H6S/c1-4-17(3)7-5-6-15(21)18-8-9-19-13(12(2)20)10-16-14(19)11-18;1-2-5-8-6-3-4-7-9(8)10;1-2-3-1;1-3-2/h5-6,10H,4,7-9,11H2,1-3H3;3-4,6-7H,2,5H2,1H3;1-3H2;1-2H3/b6-5+;;;. The van der Waals surface area contributed by atoms with E-state index in [0.717, 1.165) is 36.8 Å².